The Balaban J connectivity index is 4.25. The van der Waals surface area contributed by atoms with Gasteiger partial charge in [-0.15, -0.1) is 0 Å². The molecule has 104 valence electrons. The maximum absolute atomic E-state index is 5.86. The van der Waals surface area contributed by atoms with E-state index >= 15 is 0 Å². The van der Waals surface area contributed by atoms with E-state index in [0.717, 1.165) is 25.9 Å². The second-order valence-corrected chi connectivity index (χ2v) is 6.56. The summed E-state index contributed by atoms with van der Waals surface area (Å²) in [6.45, 7) is 11.7. The van der Waals surface area contributed by atoms with Gasteiger partial charge >= 0.3 is 8.88 Å². The molecule has 0 aromatic carbocycles. The monoisotopic (exact) mass is 262 g/mol. The molecule has 0 saturated heterocycles. The van der Waals surface area contributed by atoms with Gasteiger partial charge in [-0.05, 0) is 39.8 Å². The summed E-state index contributed by atoms with van der Waals surface area (Å²) in [6, 6.07) is 0. The van der Waals surface area contributed by atoms with Crippen molar-refractivity contribution >= 4 is 8.88 Å². The Morgan fingerprint density at radius 3 is 1.47 bits per heavy atom. The minimum atomic E-state index is -2.37. The first-order valence-corrected chi connectivity index (χ1v) is 8.84. The summed E-state index contributed by atoms with van der Waals surface area (Å²) in [4.78, 5) is 6.96. The number of hydrogen-bond donors (Lipinski definition) is 2. The van der Waals surface area contributed by atoms with Gasteiger partial charge < -0.3 is 8.85 Å². The van der Waals surface area contributed by atoms with Crippen LogP contribution in [0.3, 0.4) is 0 Å². The lowest BCUT2D eigenvalue weighted by atomic mass is 10.3. The molecule has 0 heterocycles. The fourth-order valence-electron chi connectivity index (χ4n) is 1.57. The Morgan fingerprint density at radius 2 is 1.18 bits per heavy atom. The molecule has 17 heavy (non-hydrogen) atoms. The van der Waals surface area contributed by atoms with E-state index in [1.54, 1.807) is 0 Å². The SMILES string of the molecule is CCCCN[Si](NCCCC)(OCC)OCC. The number of nitrogens with one attached hydrogen (secondary N) is 2. The summed E-state index contributed by atoms with van der Waals surface area (Å²) < 4.78 is 11.7. The minimum Gasteiger partial charge on any atom is -0.371 e. The molecule has 0 aromatic rings. The smallest absolute Gasteiger partial charge is 0.371 e. The third kappa shape index (κ3) is 7.89. The zero-order valence-corrected chi connectivity index (χ0v) is 13.0. The number of hydrogen-bond acceptors (Lipinski definition) is 4. The lowest BCUT2D eigenvalue weighted by molar-refractivity contribution is 0.159. The van der Waals surface area contributed by atoms with Crippen molar-refractivity contribution in [2.75, 3.05) is 26.3 Å². The fraction of sp³-hybridized carbons (Fsp3) is 1.00. The standard InChI is InChI=1S/C12H30N2O2Si/c1-5-9-11-13-17(15-7-3,16-8-4)14-12-10-6-2/h13-14H,5-12H2,1-4H3. The summed E-state index contributed by atoms with van der Waals surface area (Å²) >= 11 is 0. The van der Waals surface area contributed by atoms with Crippen LogP contribution in [0.4, 0.5) is 0 Å². The third-order valence-corrected chi connectivity index (χ3v) is 5.29. The zero-order chi connectivity index (χ0) is 13.0. The molecule has 0 aliphatic carbocycles. The molecule has 0 bridgehead atoms. The maximum atomic E-state index is 5.86. The van der Waals surface area contributed by atoms with Crippen LogP contribution in [-0.2, 0) is 8.85 Å². The summed E-state index contributed by atoms with van der Waals surface area (Å²) in [6.07, 6.45) is 4.68. The molecule has 0 rings (SSSR count). The van der Waals surface area contributed by atoms with Crippen LogP contribution in [0.15, 0.2) is 0 Å². The molecule has 0 amide bonds. The van der Waals surface area contributed by atoms with Gasteiger partial charge in [0.05, 0.1) is 0 Å². The lowest BCUT2D eigenvalue weighted by Crippen LogP contribution is -2.67. The van der Waals surface area contributed by atoms with Crippen molar-refractivity contribution in [1.29, 1.82) is 0 Å². The van der Waals surface area contributed by atoms with Gasteiger partial charge in [0.1, 0.15) is 0 Å². The van der Waals surface area contributed by atoms with Crippen molar-refractivity contribution < 1.29 is 8.85 Å². The van der Waals surface area contributed by atoms with Crippen molar-refractivity contribution in [1.82, 2.24) is 9.96 Å². The van der Waals surface area contributed by atoms with Crippen LogP contribution < -0.4 is 9.96 Å². The van der Waals surface area contributed by atoms with Gasteiger partial charge in [-0.3, -0.25) is 9.96 Å². The molecule has 0 fully saturated rings. The predicted molar refractivity (Wildman–Crippen MR) is 74.8 cm³/mol. The Bertz CT molecular complexity index is 153. The van der Waals surface area contributed by atoms with Crippen LogP contribution in [0.1, 0.15) is 53.4 Å². The van der Waals surface area contributed by atoms with E-state index in [9.17, 15) is 0 Å². The zero-order valence-electron chi connectivity index (χ0n) is 12.0. The quantitative estimate of drug-likeness (QED) is 0.418. The second-order valence-electron chi connectivity index (χ2n) is 4.04. The molecule has 0 aromatic heterocycles. The topological polar surface area (TPSA) is 42.5 Å². The maximum Gasteiger partial charge on any atom is 0.516 e. The molecule has 0 atom stereocenters. The van der Waals surface area contributed by atoms with Crippen LogP contribution >= 0.6 is 0 Å². The van der Waals surface area contributed by atoms with E-state index in [2.05, 4.69) is 23.8 Å². The van der Waals surface area contributed by atoms with Crippen LogP contribution in [0.25, 0.3) is 0 Å². The van der Waals surface area contributed by atoms with Crippen molar-refractivity contribution in [3.63, 3.8) is 0 Å². The first-order chi connectivity index (χ1) is 8.24. The first kappa shape index (κ1) is 17.1. The average Bonchev–Trinajstić information content (AvgIpc) is 2.30. The molecule has 0 aliphatic heterocycles. The molecule has 0 unspecified atom stereocenters. The molecular weight excluding hydrogens is 232 g/mol. The van der Waals surface area contributed by atoms with E-state index in [1.807, 2.05) is 13.8 Å². The van der Waals surface area contributed by atoms with E-state index in [4.69, 9.17) is 8.85 Å². The van der Waals surface area contributed by atoms with Crippen molar-refractivity contribution in [2.45, 2.75) is 53.4 Å². The van der Waals surface area contributed by atoms with E-state index in [0.29, 0.717) is 13.2 Å². The molecule has 0 aliphatic rings. The second kappa shape index (κ2) is 11.2. The molecule has 0 radical (unpaired) electrons. The highest BCUT2D eigenvalue weighted by molar-refractivity contribution is 6.62. The highest BCUT2D eigenvalue weighted by Gasteiger charge is 2.37. The van der Waals surface area contributed by atoms with Crippen LogP contribution in [0.2, 0.25) is 0 Å². The van der Waals surface area contributed by atoms with Crippen LogP contribution in [0.5, 0.6) is 0 Å². The van der Waals surface area contributed by atoms with Gasteiger partial charge in [0.2, 0.25) is 0 Å². The molecule has 2 N–H and O–H groups in total. The van der Waals surface area contributed by atoms with Gasteiger partial charge in [-0.25, -0.2) is 0 Å². The summed E-state index contributed by atoms with van der Waals surface area (Å²) in [5.74, 6) is 0. The minimum absolute atomic E-state index is 0.685. The molecule has 0 saturated carbocycles. The van der Waals surface area contributed by atoms with Crippen LogP contribution in [-0.4, -0.2) is 35.2 Å². The van der Waals surface area contributed by atoms with Gasteiger partial charge in [-0.2, -0.15) is 0 Å². The Labute approximate surface area is 108 Å². The van der Waals surface area contributed by atoms with Gasteiger partial charge in [0.25, 0.3) is 0 Å². The molecule has 5 heteroatoms. The Hall–Kier alpha value is 0.0569. The summed E-state index contributed by atoms with van der Waals surface area (Å²) in [7, 11) is -2.37. The highest BCUT2D eigenvalue weighted by atomic mass is 28.4. The van der Waals surface area contributed by atoms with Gasteiger partial charge in [-0.1, -0.05) is 26.7 Å². The van der Waals surface area contributed by atoms with Gasteiger partial charge in [0.15, 0.2) is 0 Å². The third-order valence-electron chi connectivity index (χ3n) is 2.47. The van der Waals surface area contributed by atoms with E-state index in [1.165, 1.54) is 12.8 Å². The normalized spacial score (nSPS) is 12.0. The Kier molecular flexibility index (Phi) is 11.2. The highest BCUT2D eigenvalue weighted by Crippen LogP contribution is 2.01. The van der Waals surface area contributed by atoms with Crippen LogP contribution in [0, 0.1) is 0 Å². The molecule has 0 spiro atoms. The molecule has 4 nitrogen and oxygen atoms in total. The van der Waals surface area contributed by atoms with E-state index < -0.39 is 8.88 Å². The van der Waals surface area contributed by atoms with Gasteiger partial charge in [0, 0.05) is 13.2 Å². The van der Waals surface area contributed by atoms with Crippen molar-refractivity contribution in [3.05, 3.63) is 0 Å². The van der Waals surface area contributed by atoms with Crippen molar-refractivity contribution in [3.8, 4) is 0 Å². The first-order valence-electron chi connectivity index (χ1n) is 7.02. The lowest BCUT2D eigenvalue weighted by Gasteiger charge is -2.30. The predicted octanol–water partition coefficient (Wildman–Crippen LogP) is 2.27. The largest absolute Gasteiger partial charge is 0.516 e. The Morgan fingerprint density at radius 1 is 0.765 bits per heavy atom. The van der Waals surface area contributed by atoms with Crippen molar-refractivity contribution in [2.24, 2.45) is 0 Å². The fourth-order valence-corrected chi connectivity index (χ4v) is 4.02. The number of unbranched alkanes of at least 4 members (excludes halogenated alkanes) is 2. The summed E-state index contributed by atoms with van der Waals surface area (Å²) in [5.41, 5.74) is 0. The number of rotatable bonds is 12. The summed E-state index contributed by atoms with van der Waals surface area (Å²) in [5, 5.41) is 0. The molecular formula is C12H30N2O2Si. The van der Waals surface area contributed by atoms with E-state index in [-0.39, 0.29) is 0 Å². The average molecular weight is 262 g/mol.